The summed E-state index contributed by atoms with van der Waals surface area (Å²) in [5, 5.41) is 14.3. The number of thioether (sulfide) groups is 1. The second kappa shape index (κ2) is 7.20. The molecule has 0 spiro atoms. The Bertz CT molecular complexity index is 790. The summed E-state index contributed by atoms with van der Waals surface area (Å²) in [6, 6.07) is 1.84. The number of hydrogen-bond donors (Lipinski definition) is 2. The monoisotopic (exact) mass is 335 g/mol. The standard InChI is InChI=1S/C13H13N5O2S2/c1-3-9-8(4-14)11(20)18-13(16-9)22-6-10(19)17-12-15-7(2)5-21-12/h5H,3,6H2,1-2H3,(H,15,17,19)(H,16,18,20). The van der Waals surface area contributed by atoms with Crippen molar-refractivity contribution in [2.24, 2.45) is 0 Å². The number of carbonyl (C=O) groups is 1. The minimum atomic E-state index is -0.479. The molecule has 0 aliphatic heterocycles. The van der Waals surface area contributed by atoms with Crippen LogP contribution in [0.15, 0.2) is 15.3 Å². The molecule has 22 heavy (non-hydrogen) atoms. The van der Waals surface area contributed by atoms with Crippen LogP contribution in [0.25, 0.3) is 0 Å². The summed E-state index contributed by atoms with van der Waals surface area (Å²) < 4.78 is 0. The molecule has 0 saturated heterocycles. The topological polar surface area (TPSA) is 112 Å². The van der Waals surface area contributed by atoms with Gasteiger partial charge in [-0.15, -0.1) is 11.3 Å². The molecule has 0 aliphatic rings. The summed E-state index contributed by atoms with van der Waals surface area (Å²) in [4.78, 5) is 34.4. The lowest BCUT2D eigenvalue weighted by molar-refractivity contribution is -0.113. The van der Waals surface area contributed by atoms with Crippen molar-refractivity contribution in [2.75, 3.05) is 11.1 Å². The van der Waals surface area contributed by atoms with E-state index >= 15 is 0 Å². The van der Waals surface area contributed by atoms with Crippen LogP contribution in [0.4, 0.5) is 5.13 Å². The minimum Gasteiger partial charge on any atom is -0.301 e. The normalized spacial score (nSPS) is 10.2. The number of anilines is 1. The maximum Gasteiger partial charge on any atom is 0.269 e. The van der Waals surface area contributed by atoms with Crippen molar-refractivity contribution < 1.29 is 4.79 Å². The lowest BCUT2D eigenvalue weighted by Gasteiger charge is -2.04. The van der Waals surface area contributed by atoms with Gasteiger partial charge in [0.1, 0.15) is 11.6 Å². The minimum absolute atomic E-state index is 0.0227. The number of thiazole rings is 1. The van der Waals surface area contributed by atoms with Gasteiger partial charge in [-0.25, -0.2) is 9.97 Å². The molecule has 0 aromatic carbocycles. The molecule has 0 fully saturated rings. The SMILES string of the molecule is CCc1nc(SCC(=O)Nc2nc(C)cs2)[nH]c(=O)c1C#N. The van der Waals surface area contributed by atoms with Crippen LogP contribution in [-0.4, -0.2) is 26.6 Å². The number of rotatable bonds is 5. The van der Waals surface area contributed by atoms with Gasteiger partial charge in [-0.3, -0.25) is 9.59 Å². The van der Waals surface area contributed by atoms with Crippen molar-refractivity contribution in [2.45, 2.75) is 25.4 Å². The molecule has 1 amide bonds. The molecule has 2 N–H and O–H groups in total. The molecule has 9 heteroatoms. The quantitative estimate of drug-likeness (QED) is 0.635. The summed E-state index contributed by atoms with van der Waals surface area (Å²) in [6.07, 6.45) is 0.477. The number of nitrogens with zero attached hydrogens (tertiary/aromatic N) is 3. The first-order chi connectivity index (χ1) is 10.5. The van der Waals surface area contributed by atoms with E-state index in [1.54, 1.807) is 0 Å². The number of aromatic amines is 1. The highest BCUT2D eigenvalue weighted by Gasteiger charge is 2.12. The van der Waals surface area contributed by atoms with E-state index in [0.29, 0.717) is 22.4 Å². The Kier molecular flexibility index (Phi) is 5.30. The maximum absolute atomic E-state index is 11.8. The van der Waals surface area contributed by atoms with E-state index in [2.05, 4.69) is 20.3 Å². The van der Waals surface area contributed by atoms with E-state index in [1.807, 2.05) is 25.3 Å². The lowest BCUT2D eigenvalue weighted by atomic mass is 10.2. The Morgan fingerprint density at radius 1 is 1.55 bits per heavy atom. The van der Waals surface area contributed by atoms with E-state index in [4.69, 9.17) is 5.26 Å². The largest absolute Gasteiger partial charge is 0.301 e. The molecule has 2 aromatic rings. The fourth-order valence-corrected chi connectivity index (χ4v) is 3.02. The van der Waals surface area contributed by atoms with E-state index in [-0.39, 0.29) is 17.2 Å². The van der Waals surface area contributed by atoms with E-state index < -0.39 is 5.56 Å². The van der Waals surface area contributed by atoms with Gasteiger partial charge in [0.05, 0.1) is 17.1 Å². The fourth-order valence-electron chi connectivity index (χ4n) is 1.64. The summed E-state index contributed by atoms with van der Waals surface area (Å²) >= 11 is 2.46. The van der Waals surface area contributed by atoms with Gasteiger partial charge in [-0.1, -0.05) is 18.7 Å². The van der Waals surface area contributed by atoms with Gasteiger partial charge < -0.3 is 10.3 Å². The molecule has 114 valence electrons. The highest BCUT2D eigenvalue weighted by molar-refractivity contribution is 7.99. The first-order valence-electron chi connectivity index (χ1n) is 6.41. The van der Waals surface area contributed by atoms with Crippen molar-refractivity contribution in [3.8, 4) is 6.07 Å². The number of H-pyrrole nitrogens is 1. The van der Waals surface area contributed by atoms with Gasteiger partial charge in [0.2, 0.25) is 5.91 Å². The second-order valence-electron chi connectivity index (χ2n) is 4.29. The molecule has 2 aromatic heterocycles. The predicted molar refractivity (Wildman–Crippen MR) is 85.2 cm³/mol. The molecular formula is C13H13N5O2S2. The zero-order valence-corrected chi connectivity index (χ0v) is 13.6. The van der Waals surface area contributed by atoms with Gasteiger partial charge in [0, 0.05) is 5.38 Å². The van der Waals surface area contributed by atoms with Crippen LogP contribution in [-0.2, 0) is 11.2 Å². The highest BCUT2D eigenvalue weighted by atomic mass is 32.2. The van der Waals surface area contributed by atoms with Crippen LogP contribution in [0.2, 0.25) is 0 Å². The Morgan fingerprint density at radius 2 is 2.32 bits per heavy atom. The number of hydrogen-bond acceptors (Lipinski definition) is 7. The van der Waals surface area contributed by atoms with Crippen molar-refractivity contribution in [1.29, 1.82) is 5.26 Å². The zero-order chi connectivity index (χ0) is 16.1. The first kappa shape index (κ1) is 16.2. The molecule has 2 rings (SSSR count). The van der Waals surface area contributed by atoms with Gasteiger partial charge >= 0.3 is 0 Å². The molecule has 0 unspecified atom stereocenters. The fraction of sp³-hybridized carbons (Fsp3) is 0.308. The lowest BCUT2D eigenvalue weighted by Crippen LogP contribution is -2.18. The Labute approximate surface area is 134 Å². The molecule has 0 atom stereocenters. The summed E-state index contributed by atoms with van der Waals surface area (Å²) in [6.45, 7) is 3.66. The summed E-state index contributed by atoms with van der Waals surface area (Å²) in [5.74, 6) is -0.138. The van der Waals surface area contributed by atoms with Crippen LogP contribution in [0.1, 0.15) is 23.9 Å². The third-order valence-electron chi connectivity index (χ3n) is 2.62. The molecule has 2 heterocycles. The smallest absolute Gasteiger partial charge is 0.269 e. The van der Waals surface area contributed by atoms with Crippen molar-refractivity contribution in [3.63, 3.8) is 0 Å². The number of amides is 1. The van der Waals surface area contributed by atoms with Gasteiger partial charge in [-0.2, -0.15) is 5.26 Å². The molecule has 0 radical (unpaired) electrons. The van der Waals surface area contributed by atoms with Crippen LogP contribution < -0.4 is 10.9 Å². The number of nitrogens with one attached hydrogen (secondary N) is 2. The van der Waals surface area contributed by atoms with Crippen LogP contribution in [0, 0.1) is 18.3 Å². The van der Waals surface area contributed by atoms with Crippen molar-refractivity contribution in [3.05, 3.63) is 32.7 Å². The Balaban J connectivity index is 2.02. The third-order valence-corrected chi connectivity index (χ3v) is 4.37. The molecule has 7 nitrogen and oxygen atoms in total. The Hall–Kier alpha value is -2.18. The molecule has 0 saturated carbocycles. The van der Waals surface area contributed by atoms with Gasteiger partial charge in [0.15, 0.2) is 10.3 Å². The average molecular weight is 335 g/mol. The summed E-state index contributed by atoms with van der Waals surface area (Å²) in [7, 11) is 0. The molecule has 0 bridgehead atoms. The zero-order valence-electron chi connectivity index (χ0n) is 12.0. The highest BCUT2D eigenvalue weighted by Crippen LogP contribution is 2.17. The predicted octanol–water partition coefficient (Wildman–Crippen LogP) is 1.70. The van der Waals surface area contributed by atoms with Crippen molar-refractivity contribution >= 4 is 34.1 Å². The van der Waals surface area contributed by atoms with Crippen LogP contribution >= 0.6 is 23.1 Å². The third kappa shape index (κ3) is 3.93. The number of aromatic nitrogens is 3. The second-order valence-corrected chi connectivity index (χ2v) is 6.11. The first-order valence-corrected chi connectivity index (χ1v) is 8.28. The number of nitriles is 1. The van der Waals surface area contributed by atoms with Crippen LogP contribution in [0.5, 0.6) is 0 Å². The van der Waals surface area contributed by atoms with Gasteiger partial charge in [0.25, 0.3) is 5.56 Å². The van der Waals surface area contributed by atoms with Crippen LogP contribution in [0.3, 0.4) is 0 Å². The van der Waals surface area contributed by atoms with Crippen molar-refractivity contribution in [1.82, 2.24) is 15.0 Å². The Morgan fingerprint density at radius 3 is 2.91 bits per heavy atom. The van der Waals surface area contributed by atoms with E-state index in [0.717, 1.165) is 17.5 Å². The molecular weight excluding hydrogens is 322 g/mol. The number of carbonyl (C=O) groups excluding carboxylic acids is 1. The number of aryl methyl sites for hydroxylation is 2. The van der Waals surface area contributed by atoms with Gasteiger partial charge in [-0.05, 0) is 13.3 Å². The summed E-state index contributed by atoms with van der Waals surface area (Å²) in [5.41, 5.74) is 0.825. The maximum atomic E-state index is 11.8. The van der Waals surface area contributed by atoms with E-state index in [1.165, 1.54) is 11.3 Å². The average Bonchev–Trinajstić information content (AvgIpc) is 2.89. The van der Waals surface area contributed by atoms with E-state index in [9.17, 15) is 9.59 Å². The molecule has 0 aliphatic carbocycles.